The molecule has 41 heavy (non-hydrogen) atoms. The molecule has 4 heterocycles. The van der Waals surface area contributed by atoms with Crippen molar-refractivity contribution in [1.82, 2.24) is 19.7 Å². The van der Waals surface area contributed by atoms with E-state index in [1.807, 2.05) is 26.8 Å². The highest BCUT2D eigenvalue weighted by Gasteiger charge is 2.35. The summed E-state index contributed by atoms with van der Waals surface area (Å²) in [6.45, 7) is 13.5. The quantitative estimate of drug-likeness (QED) is 0.513. The van der Waals surface area contributed by atoms with Crippen molar-refractivity contribution in [3.8, 4) is 11.9 Å². The Hall–Kier alpha value is -3.35. The number of carbonyl (C=O) groups is 1. The summed E-state index contributed by atoms with van der Waals surface area (Å²) in [5.41, 5.74) is 3.44. The van der Waals surface area contributed by atoms with Crippen molar-refractivity contribution in [3.05, 3.63) is 52.6 Å². The average Bonchev–Trinajstić information content (AvgIpc) is 3.35. The highest BCUT2D eigenvalue weighted by molar-refractivity contribution is 5.69. The van der Waals surface area contributed by atoms with Gasteiger partial charge in [-0.05, 0) is 71.7 Å². The van der Waals surface area contributed by atoms with E-state index in [1.54, 1.807) is 4.90 Å². The van der Waals surface area contributed by atoms with Gasteiger partial charge in [0.15, 0.2) is 0 Å². The molecule has 3 aliphatic rings. The van der Waals surface area contributed by atoms with Gasteiger partial charge in [-0.15, -0.1) is 0 Å². The Labute approximate surface area is 244 Å². The third kappa shape index (κ3) is 6.77. The first-order valence-corrected chi connectivity index (χ1v) is 14.9. The number of benzene rings is 1. The van der Waals surface area contributed by atoms with Gasteiger partial charge >= 0.3 is 6.09 Å². The van der Waals surface area contributed by atoms with E-state index in [2.05, 4.69) is 59.0 Å². The number of aromatic nitrogens is 1. The minimum Gasteiger partial charge on any atom is -0.475 e. The van der Waals surface area contributed by atoms with Gasteiger partial charge in [0.2, 0.25) is 5.88 Å². The van der Waals surface area contributed by atoms with Crippen LogP contribution in [0.2, 0.25) is 0 Å². The third-order valence-electron chi connectivity index (χ3n) is 8.41. The van der Waals surface area contributed by atoms with Gasteiger partial charge < -0.3 is 24.2 Å². The monoisotopic (exact) mass is 560 g/mol. The van der Waals surface area contributed by atoms with Gasteiger partial charge in [-0.3, -0.25) is 4.90 Å². The van der Waals surface area contributed by atoms with Gasteiger partial charge in [-0.25, -0.2) is 4.79 Å². The predicted octanol–water partition coefficient (Wildman–Crippen LogP) is 4.43. The van der Waals surface area contributed by atoms with Crippen molar-refractivity contribution in [1.29, 1.82) is 5.26 Å². The Morgan fingerprint density at radius 3 is 2.56 bits per heavy atom. The van der Waals surface area contributed by atoms with Crippen LogP contribution in [0.5, 0.6) is 5.88 Å². The Morgan fingerprint density at radius 2 is 1.90 bits per heavy atom. The second-order valence-corrected chi connectivity index (χ2v) is 12.7. The largest absolute Gasteiger partial charge is 0.475 e. The van der Waals surface area contributed by atoms with Crippen molar-refractivity contribution < 1.29 is 14.3 Å². The van der Waals surface area contributed by atoms with E-state index in [1.165, 1.54) is 5.56 Å². The maximum Gasteiger partial charge on any atom is 0.410 e. The first-order valence-electron chi connectivity index (χ1n) is 14.9. The molecule has 5 rings (SSSR count). The number of likely N-dealkylation sites (N-methyl/N-ethyl adjacent to an activating group) is 1. The first-order chi connectivity index (χ1) is 19.6. The fourth-order valence-electron chi connectivity index (χ4n) is 6.21. The van der Waals surface area contributed by atoms with Crippen LogP contribution in [0.15, 0.2) is 30.3 Å². The molecule has 0 bridgehead atoms. The van der Waals surface area contributed by atoms with Crippen LogP contribution in [0.3, 0.4) is 0 Å². The zero-order chi connectivity index (χ0) is 29.1. The minimum absolute atomic E-state index is 0.0389. The van der Waals surface area contributed by atoms with Crippen molar-refractivity contribution >= 4 is 11.9 Å². The van der Waals surface area contributed by atoms with E-state index in [9.17, 15) is 10.1 Å². The fraction of sp³-hybridized carbons (Fsp3) is 0.594. The molecule has 0 aliphatic carbocycles. The van der Waals surface area contributed by atoms with E-state index in [4.69, 9.17) is 14.5 Å². The molecule has 0 radical (unpaired) electrons. The zero-order valence-corrected chi connectivity index (χ0v) is 25.2. The lowest BCUT2D eigenvalue weighted by atomic mass is 9.95. The highest BCUT2D eigenvalue weighted by Crippen LogP contribution is 2.37. The molecule has 0 N–H and O–H groups in total. The number of hydrogen-bond acceptors (Lipinski definition) is 8. The SMILES string of the molecule is CC1CN(C(=O)OC(C)(C)C)CCN1c1nc(OC[C@H]2CCCN2C)c(C#N)c2c1CCN(Cc1ccccc1)C2. The molecule has 1 aromatic carbocycles. The molecule has 0 saturated carbocycles. The number of hydrogen-bond donors (Lipinski definition) is 0. The molecule has 1 aromatic heterocycles. The van der Waals surface area contributed by atoms with Gasteiger partial charge in [-0.2, -0.15) is 10.2 Å². The van der Waals surface area contributed by atoms with Crippen molar-refractivity contribution in [2.45, 2.75) is 77.7 Å². The summed E-state index contributed by atoms with van der Waals surface area (Å²) >= 11 is 0. The summed E-state index contributed by atoms with van der Waals surface area (Å²) in [5, 5.41) is 10.4. The van der Waals surface area contributed by atoms with Gasteiger partial charge in [0, 0.05) is 56.9 Å². The van der Waals surface area contributed by atoms with Crippen LogP contribution in [-0.4, -0.2) is 89.8 Å². The zero-order valence-electron chi connectivity index (χ0n) is 25.2. The van der Waals surface area contributed by atoms with Gasteiger partial charge in [-0.1, -0.05) is 30.3 Å². The molecule has 9 nitrogen and oxygen atoms in total. The van der Waals surface area contributed by atoms with Crippen LogP contribution in [-0.2, 0) is 24.2 Å². The van der Waals surface area contributed by atoms with Crippen molar-refractivity contribution in [2.24, 2.45) is 0 Å². The number of piperazine rings is 1. The van der Waals surface area contributed by atoms with Gasteiger partial charge in [0.25, 0.3) is 0 Å². The number of ether oxygens (including phenoxy) is 2. The predicted molar refractivity (Wildman–Crippen MR) is 159 cm³/mol. The average molecular weight is 561 g/mol. The molecule has 3 aliphatic heterocycles. The molecule has 2 saturated heterocycles. The molecule has 220 valence electrons. The summed E-state index contributed by atoms with van der Waals surface area (Å²) in [7, 11) is 2.13. The second kappa shape index (κ2) is 12.3. The summed E-state index contributed by atoms with van der Waals surface area (Å²) in [5.74, 6) is 1.33. The lowest BCUT2D eigenvalue weighted by Crippen LogP contribution is -2.55. The molecule has 0 spiro atoms. The number of amides is 1. The fourth-order valence-corrected chi connectivity index (χ4v) is 6.21. The summed E-state index contributed by atoms with van der Waals surface area (Å²) in [4.78, 5) is 26.7. The maximum atomic E-state index is 12.8. The first kappa shape index (κ1) is 29.2. The smallest absolute Gasteiger partial charge is 0.410 e. The molecule has 1 amide bonds. The summed E-state index contributed by atoms with van der Waals surface area (Å²) < 4.78 is 12.0. The number of rotatable bonds is 6. The molecular weight excluding hydrogens is 516 g/mol. The van der Waals surface area contributed by atoms with E-state index in [0.717, 1.165) is 55.8 Å². The Kier molecular flexibility index (Phi) is 8.71. The lowest BCUT2D eigenvalue weighted by molar-refractivity contribution is 0.0218. The molecule has 9 heteroatoms. The Balaban J connectivity index is 1.43. The van der Waals surface area contributed by atoms with Gasteiger partial charge in [0.05, 0.1) is 0 Å². The van der Waals surface area contributed by atoms with Gasteiger partial charge in [0.1, 0.15) is 29.7 Å². The molecular formula is C32H44N6O3. The summed E-state index contributed by atoms with van der Waals surface area (Å²) in [6, 6.07) is 13.3. The third-order valence-corrected chi connectivity index (χ3v) is 8.41. The van der Waals surface area contributed by atoms with E-state index < -0.39 is 5.60 Å². The van der Waals surface area contributed by atoms with Crippen LogP contribution >= 0.6 is 0 Å². The highest BCUT2D eigenvalue weighted by atomic mass is 16.6. The van der Waals surface area contributed by atoms with Crippen LogP contribution < -0.4 is 9.64 Å². The number of nitriles is 1. The van der Waals surface area contributed by atoms with Crippen molar-refractivity contribution in [2.75, 3.05) is 51.3 Å². The minimum atomic E-state index is -0.531. The number of fused-ring (bicyclic) bond motifs is 1. The molecule has 2 fully saturated rings. The lowest BCUT2D eigenvalue weighted by Gasteiger charge is -2.42. The topological polar surface area (TPSA) is 85.2 Å². The van der Waals surface area contributed by atoms with E-state index in [-0.39, 0.29) is 12.1 Å². The Bertz CT molecular complexity index is 1270. The van der Waals surface area contributed by atoms with E-state index in [0.29, 0.717) is 50.3 Å². The second-order valence-electron chi connectivity index (χ2n) is 12.7. The number of likely N-dealkylation sites (tertiary alicyclic amines) is 1. The van der Waals surface area contributed by atoms with Crippen molar-refractivity contribution in [3.63, 3.8) is 0 Å². The number of carbonyl (C=O) groups excluding carboxylic acids is 1. The number of nitrogens with zero attached hydrogens (tertiary/aromatic N) is 6. The Morgan fingerprint density at radius 1 is 1.12 bits per heavy atom. The normalized spacial score (nSPS) is 21.9. The number of anilines is 1. The number of pyridine rings is 1. The standard InChI is InChI=1S/C32H44N6O3/c1-23-19-37(31(39)41-32(2,3)4)16-17-38(23)29-26-13-15-36(20-24-10-7-6-8-11-24)21-28(26)27(18-33)30(34-29)40-22-25-12-9-14-35(25)5/h6-8,10-11,23,25H,9,12-17,19-22H2,1-5H3/t23?,25-/m1/s1. The van der Waals surface area contributed by atoms with Crippen LogP contribution in [0, 0.1) is 11.3 Å². The molecule has 2 atom stereocenters. The molecule has 1 unspecified atom stereocenters. The van der Waals surface area contributed by atoms with Crippen LogP contribution in [0.1, 0.15) is 62.8 Å². The molecule has 2 aromatic rings. The van der Waals surface area contributed by atoms with Crippen LogP contribution in [0.25, 0.3) is 0 Å². The van der Waals surface area contributed by atoms with Crippen LogP contribution in [0.4, 0.5) is 10.6 Å². The van der Waals surface area contributed by atoms with E-state index >= 15 is 0 Å². The summed E-state index contributed by atoms with van der Waals surface area (Å²) in [6.07, 6.45) is 2.78. The maximum absolute atomic E-state index is 12.8.